The van der Waals surface area contributed by atoms with Gasteiger partial charge in [0.05, 0.1) is 0 Å². The van der Waals surface area contributed by atoms with E-state index < -0.39 is 12.0 Å². The van der Waals surface area contributed by atoms with E-state index in [0.717, 1.165) is 5.75 Å². The molecule has 0 aliphatic rings. The maximum atomic E-state index is 10.1. The van der Waals surface area contributed by atoms with Gasteiger partial charge in [0.15, 0.2) is 0 Å². The molecule has 3 nitrogen and oxygen atoms in total. The van der Waals surface area contributed by atoms with Gasteiger partial charge in [-0.15, -0.1) is 12.4 Å². The third kappa shape index (κ3) is 6.19. The minimum atomic E-state index is -0.913. The molecule has 5 heteroatoms. The van der Waals surface area contributed by atoms with Crippen molar-refractivity contribution in [2.45, 2.75) is 12.5 Å². The van der Waals surface area contributed by atoms with E-state index in [1.807, 2.05) is 6.26 Å². The fraction of sp³-hybridized carbons (Fsp3) is 0.800. The summed E-state index contributed by atoms with van der Waals surface area (Å²) in [4.78, 5) is 10.1. The number of carboxylic acids is 1. The Labute approximate surface area is 70.8 Å². The third-order valence-corrected chi connectivity index (χ3v) is 1.59. The van der Waals surface area contributed by atoms with Crippen LogP contribution in [0, 0.1) is 0 Å². The Balaban J connectivity index is 0. The van der Waals surface area contributed by atoms with Crippen molar-refractivity contribution >= 4 is 30.1 Å². The smallest absolute Gasteiger partial charge is 0.320 e. The van der Waals surface area contributed by atoms with E-state index in [1.54, 1.807) is 11.8 Å². The van der Waals surface area contributed by atoms with Crippen molar-refractivity contribution in [2.75, 3.05) is 12.0 Å². The van der Waals surface area contributed by atoms with Gasteiger partial charge in [-0.1, -0.05) is 0 Å². The van der Waals surface area contributed by atoms with E-state index in [0.29, 0.717) is 6.42 Å². The quantitative estimate of drug-likeness (QED) is 0.673. The number of thioether (sulfide) groups is 1. The first-order chi connectivity index (χ1) is 4.18. The van der Waals surface area contributed by atoms with E-state index in [4.69, 9.17) is 10.8 Å². The van der Waals surface area contributed by atoms with E-state index >= 15 is 0 Å². The fourth-order valence-corrected chi connectivity index (χ4v) is 0.858. The zero-order valence-electron chi connectivity index (χ0n) is 5.74. The predicted octanol–water partition coefficient (Wildman–Crippen LogP) is 0.573. The highest BCUT2D eigenvalue weighted by Gasteiger charge is 2.08. The molecule has 1 atom stereocenters. The van der Waals surface area contributed by atoms with E-state index in [-0.39, 0.29) is 12.4 Å². The molecule has 0 unspecified atom stereocenters. The molecule has 0 aromatic heterocycles. The number of rotatable bonds is 4. The van der Waals surface area contributed by atoms with Crippen LogP contribution in [-0.4, -0.2) is 29.1 Å². The Bertz CT molecular complexity index is 102. The lowest BCUT2D eigenvalue weighted by Gasteiger charge is -2.02. The molecule has 0 radical (unpaired) electrons. The molecule has 0 heterocycles. The minimum Gasteiger partial charge on any atom is -0.480 e. The highest BCUT2D eigenvalue weighted by Crippen LogP contribution is 1.97. The Hall–Kier alpha value is 0.0700. The molecule has 0 amide bonds. The van der Waals surface area contributed by atoms with Gasteiger partial charge >= 0.3 is 5.97 Å². The summed E-state index contributed by atoms with van der Waals surface area (Å²) in [6, 6.07) is -0.683. The van der Waals surface area contributed by atoms with Gasteiger partial charge in [-0.25, -0.2) is 0 Å². The summed E-state index contributed by atoms with van der Waals surface area (Å²) >= 11 is 1.60. The second kappa shape index (κ2) is 7.18. The molecule has 3 N–H and O–H groups in total. The topological polar surface area (TPSA) is 63.3 Å². The van der Waals surface area contributed by atoms with Crippen molar-refractivity contribution in [3.63, 3.8) is 0 Å². The Morgan fingerprint density at radius 2 is 2.30 bits per heavy atom. The lowest BCUT2D eigenvalue weighted by Crippen LogP contribution is -2.30. The number of aliphatic carboxylic acids is 1. The lowest BCUT2D eigenvalue weighted by atomic mass is 10.2. The van der Waals surface area contributed by atoms with Crippen molar-refractivity contribution in [3.05, 3.63) is 0 Å². The summed E-state index contributed by atoms with van der Waals surface area (Å²) in [7, 11) is 0. The second-order valence-corrected chi connectivity index (χ2v) is 2.71. The number of nitrogens with two attached hydrogens (primary N) is 1. The summed E-state index contributed by atoms with van der Waals surface area (Å²) in [6.45, 7) is 0. The van der Waals surface area contributed by atoms with Crippen molar-refractivity contribution in [3.8, 4) is 0 Å². The SMILES string of the molecule is CSCC[C@@H](N)C(=O)O.Cl. The zero-order chi connectivity index (χ0) is 7.28. The largest absolute Gasteiger partial charge is 0.480 e. The second-order valence-electron chi connectivity index (χ2n) is 1.73. The van der Waals surface area contributed by atoms with E-state index in [9.17, 15) is 4.79 Å². The molecule has 0 fully saturated rings. The molecule has 0 bridgehead atoms. The molecule has 0 saturated carbocycles. The van der Waals surface area contributed by atoms with Crippen LogP contribution < -0.4 is 5.73 Å². The number of carboxylic acid groups (broad SMARTS) is 1. The third-order valence-electron chi connectivity index (χ3n) is 0.950. The molecule has 0 aromatic carbocycles. The first-order valence-electron chi connectivity index (χ1n) is 2.65. The highest BCUT2D eigenvalue weighted by molar-refractivity contribution is 7.98. The molecule has 62 valence electrons. The molecular formula is C5H12ClNO2S. The Morgan fingerprint density at radius 3 is 2.60 bits per heavy atom. The average molecular weight is 186 g/mol. The van der Waals surface area contributed by atoms with Gasteiger partial charge in [-0.2, -0.15) is 11.8 Å². The van der Waals surface area contributed by atoms with Crippen molar-refractivity contribution in [1.82, 2.24) is 0 Å². The minimum absolute atomic E-state index is 0. The van der Waals surface area contributed by atoms with Crippen LogP contribution in [0.3, 0.4) is 0 Å². The number of hydrogen-bond donors (Lipinski definition) is 2. The van der Waals surface area contributed by atoms with Gasteiger partial charge in [-0.05, 0) is 18.4 Å². The normalized spacial score (nSPS) is 11.8. The van der Waals surface area contributed by atoms with Crippen molar-refractivity contribution < 1.29 is 9.90 Å². The van der Waals surface area contributed by atoms with Crippen LogP contribution in [0.15, 0.2) is 0 Å². The van der Waals surface area contributed by atoms with Crippen molar-refractivity contribution in [1.29, 1.82) is 0 Å². The van der Waals surface area contributed by atoms with Crippen molar-refractivity contribution in [2.24, 2.45) is 5.73 Å². The van der Waals surface area contributed by atoms with Crippen LogP contribution in [0.5, 0.6) is 0 Å². The van der Waals surface area contributed by atoms with Crippen LogP contribution in [-0.2, 0) is 4.79 Å². The number of halogens is 1. The molecular weight excluding hydrogens is 174 g/mol. The van der Waals surface area contributed by atoms with Gasteiger partial charge in [0, 0.05) is 0 Å². The fourth-order valence-electron chi connectivity index (χ4n) is 0.368. The molecule has 0 rings (SSSR count). The molecule has 0 saturated heterocycles. The molecule has 0 aliphatic carbocycles. The summed E-state index contributed by atoms with van der Waals surface area (Å²) in [5.41, 5.74) is 5.19. The van der Waals surface area contributed by atoms with Crippen LogP contribution in [0.25, 0.3) is 0 Å². The average Bonchev–Trinajstić information content (AvgIpc) is 1.82. The van der Waals surface area contributed by atoms with Gasteiger partial charge < -0.3 is 10.8 Å². The maximum absolute atomic E-state index is 10.1. The van der Waals surface area contributed by atoms with E-state index in [2.05, 4.69) is 0 Å². The first kappa shape index (κ1) is 12.7. The predicted molar refractivity (Wildman–Crippen MR) is 45.9 cm³/mol. The molecule has 10 heavy (non-hydrogen) atoms. The summed E-state index contributed by atoms with van der Waals surface area (Å²) in [6.07, 6.45) is 2.48. The van der Waals surface area contributed by atoms with Crippen LogP contribution >= 0.6 is 24.2 Å². The van der Waals surface area contributed by atoms with Crippen LogP contribution in [0.4, 0.5) is 0 Å². The lowest BCUT2D eigenvalue weighted by molar-refractivity contribution is -0.138. The van der Waals surface area contributed by atoms with Gasteiger partial charge in [0.25, 0.3) is 0 Å². The summed E-state index contributed by atoms with van der Waals surface area (Å²) < 4.78 is 0. The zero-order valence-corrected chi connectivity index (χ0v) is 7.37. The van der Waals surface area contributed by atoms with Gasteiger partial charge in [-0.3, -0.25) is 4.79 Å². The number of hydrogen-bond acceptors (Lipinski definition) is 3. The van der Waals surface area contributed by atoms with Gasteiger partial charge in [0.1, 0.15) is 6.04 Å². The Morgan fingerprint density at radius 1 is 1.80 bits per heavy atom. The maximum Gasteiger partial charge on any atom is 0.320 e. The summed E-state index contributed by atoms with van der Waals surface area (Å²) in [5, 5.41) is 8.27. The van der Waals surface area contributed by atoms with Gasteiger partial charge in [0.2, 0.25) is 0 Å². The standard InChI is InChI=1S/C5H11NO2S.ClH/c1-9-3-2-4(6)5(7)8;/h4H,2-3,6H2,1H3,(H,7,8);1H/t4-;/m1./s1. The van der Waals surface area contributed by atoms with Crippen LogP contribution in [0.2, 0.25) is 0 Å². The molecule has 0 aromatic rings. The number of carbonyl (C=O) groups is 1. The monoisotopic (exact) mass is 185 g/mol. The summed E-state index contributed by atoms with van der Waals surface area (Å²) in [5.74, 6) is -0.1000. The molecule has 0 spiro atoms. The van der Waals surface area contributed by atoms with E-state index in [1.165, 1.54) is 0 Å². The van der Waals surface area contributed by atoms with Crippen LogP contribution in [0.1, 0.15) is 6.42 Å². The molecule has 0 aliphatic heterocycles. The first-order valence-corrected chi connectivity index (χ1v) is 4.05. The Kier molecular flexibility index (Phi) is 9.13. The highest BCUT2D eigenvalue weighted by atomic mass is 35.5.